The topological polar surface area (TPSA) is 56.4 Å². The fourth-order valence-corrected chi connectivity index (χ4v) is 4.07. The second-order valence-corrected chi connectivity index (χ2v) is 7.76. The molecule has 150 valence electrons. The summed E-state index contributed by atoms with van der Waals surface area (Å²) >= 11 is 6.12. The molecule has 0 radical (unpaired) electrons. The summed E-state index contributed by atoms with van der Waals surface area (Å²) in [5.41, 5.74) is 3.10. The SMILES string of the molecule is CC(=O)c1c(C)[nH]c(C(=O)CN2CCN(Cc3c(F)cccc3Cl)CC2)c1C. The number of nitrogens with one attached hydrogen (secondary N) is 1. The molecule has 28 heavy (non-hydrogen) atoms. The molecule has 1 saturated heterocycles. The summed E-state index contributed by atoms with van der Waals surface area (Å²) in [5, 5.41) is 0.441. The summed E-state index contributed by atoms with van der Waals surface area (Å²) in [6.45, 7) is 8.80. The third-order valence-corrected chi connectivity index (χ3v) is 5.70. The summed E-state index contributed by atoms with van der Waals surface area (Å²) < 4.78 is 14.0. The van der Waals surface area contributed by atoms with E-state index in [-0.39, 0.29) is 17.4 Å². The first-order valence-corrected chi connectivity index (χ1v) is 9.76. The van der Waals surface area contributed by atoms with Gasteiger partial charge in [-0.1, -0.05) is 17.7 Å². The molecule has 0 unspecified atom stereocenters. The highest BCUT2D eigenvalue weighted by molar-refractivity contribution is 6.31. The van der Waals surface area contributed by atoms with E-state index in [1.165, 1.54) is 13.0 Å². The molecule has 1 aliphatic heterocycles. The van der Waals surface area contributed by atoms with Crippen molar-refractivity contribution in [3.63, 3.8) is 0 Å². The van der Waals surface area contributed by atoms with Crippen molar-refractivity contribution in [2.75, 3.05) is 32.7 Å². The highest BCUT2D eigenvalue weighted by atomic mass is 35.5. The van der Waals surface area contributed by atoms with Gasteiger partial charge in [-0.3, -0.25) is 19.4 Å². The summed E-state index contributed by atoms with van der Waals surface area (Å²) in [7, 11) is 0. The van der Waals surface area contributed by atoms with Crippen LogP contribution >= 0.6 is 11.6 Å². The minimum atomic E-state index is -0.288. The van der Waals surface area contributed by atoms with Crippen LogP contribution in [0, 0.1) is 19.7 Å². The minimum absolute atomic E-state index is 0.0151. The van der Waals surface area contributed by atoms with Crippen LogP contribution in [0.1, 0.15) is 44.6 Å². The third kappa shape index (κ3) is 4.35. The molecule has 0 aliphatic carbocycles. The van der Waals surface area contributed by atoms with Crippen molar-refractivity contribution >= 4 is 23.2 Å². The molecule has 0 amide bonds. The van der Waals surface area contributed by atoms with Crippen molar-refractivity contribution in [2.45, 2.75) is 27.3 Å². The van der Waals surface area contributed by atoms with E-state index in [0.717, 1.165) is 37.4 Å². The number of hydrogen-bond donors (Lipinski definition) is 1. The third-order valence-electron chi connectivity index (χ3n) is 5.34. The number of aryl methyl sites for hydroxylation is 1. The van der Waals surface area contributed by atoms with Gasteiger partial charge in [0.15, 0.2) is 11.6 Å². The van der Waals surface area contributed by atoms with Gasteiger partial charge in [0, 0.05) is 54.6 Å². The average molecular weight is 406 g/mol. The molecule has 1 aliphatic rings. The quantitative estimate of drug-likeness (QED) is 0.745. The first-order valence-electron chi connectivity index (χ1n) is 9.38. The number of aromatic amines is 1. The molecule has 2 aromatic rings. The lowest BCUT2D eigenvalue weighted by Gasteiger charge is -2.34. The van der Waals surface area contributed by atoms with Gasteiger partial charge in [0.1, 0.15) is 5.82 Å². The van der Waals surface area contributed by atoms with Crippen LogP contribution in [-0.2, 0) is 6.54 Å². The van der Waals surface area contributed by atoms with Gasteiger partial charge in [-0.2, -0.15) is 0 Å². The van der Waals surface area contributed by atoms with E-state index >= 15 is 0 Å². The summed E-state index contributed by atoms with van der Waals surface area (Å²) in [4.78, 5) is 31.8. The lowest BCUT2D eigenvalue weighted by molar-refractivity contribution is 0.0838. The molecule has 1 aromatic heterocycles. The van der Waals surface area contributed by atoms with Crippen molar-refractivity contribution < 1.29 is 14.0 Å². The van der Waals surface area contributed by atoms with Crippen molar-refractivity contribution in [3.05, 3.63) is 57.1 Å². The number of rotatable bonds is 6. The van der Waals surface area contributed by atoms with Gasteiger partial charge < -0.3 is 4.98 Å². The lowest BCUT2D eigenvalue weighted by Crippen LogP contribution is -2.47. The Morgan fingerprint density at radius 3 is 2.36 bits per heavy atom. The molecule has 0 bridgehead atoms. The Kier molecular flexibility index (Phi) is 6.33. The Bertz CT molecular complexity index is 881. The summed E-state index contributed by atoms with van der Waals surface area (Å²) in [6.07, 6.45) is 0. The molecule has 0 saturated carbocycles. The number of piperazine rings is 1. The predicted molar refractivity (Wildman–Crippen MR) is 108 cm³/mol. The molecule has 2 heterocycles. The highest BCUT2D eigenvalue weighted by Gasteiger charge is 2.24. The van der Waals surface area contributed by atoms with E-state index in [9.17, 15) is 14.0 Å². The zero-order valence-electron chi connectivity index (χ0n) is 16.4. The van der Waals surface area contributed by atoms with Gasteiger partial charge in [0.2, 0.25) is 0 Å². The Balaban J connectivity index is 1.58. The fraction of sp³-hybridized carbons (Fsp3) is 0.429. The van der Waals surface area contributed by atoms with E-state index < -0.39 is 0 Å². The Labute approximate surface area is 169 Å². The number of halogens is 2. The number of ketones is 2. The molecule has 1 aromatic carbocycles. The van der Waals surface area contributed by atoms with Crippen LogP contribution < -0.4 is 0 Å². The fourth-order valence-electron chi connectivity index (χ4n) is 3.85. The first kappa shape index (κ1) is 20.7. The second kappa shape index (κ2) is 8.55. The lowest BCUT2D eigenvalue weighted by atomic mass is 10.1. The normalized spacial score (nSPS) is 15.8. The second-order valence-electron chi connectivity index (χ2n) is 7.36. The molecule has 1 fully saturated rings. The maximum atomic E-state index is 14.0. The zero-order valence-corrected chi connectivity index (χ0v) is 17.2. The van der Waals surface area contributed by atoms with Crippen molar-refractivity contribution in [1.82, 2.24) is 14.8 Å². The van der Waals surface area contributed by atoms with E-state index in [1.54, 1.807) is 12.1 Å². The van der Waals surface area contributed by atoms with Crippen LogP contribution in [0.25, 0.3) is 0 Å². The number of aromatic nitrogens is 1. The highest BCUT2D eigenvalue weighted by Crippen LogP contribution is 2.22. The zero-order chi connectivity index (χ0) is 20.4. The number of hydrogen-bond acceptors (Lipinski definition) is 4. The molecular formula is C21H25ClFN3O2. The van der Waals surface area contributed by atoms with Crippen LogP contribution in [0.4, 0.5) is 4.39 Å². The van der Waals surface area contributed by atoms with Gasteiger partial charge in [-0.15, -0.1) is 0 Å². The monoisotopic (exact) mass is 405 g/mol. The van der Waals surface area contributed by atoms with Gasteiger partial charge in [-0.05, 0) is 38.5 Å². The van der Waals surface area contributed by atoms with Crippen LogP contribution in [0.3, 0.4) is 0 Å². The van der Waals surface area contributed by atoms with Crippen molar-refractivity contribution in [2.24, 2.45) is 0 Å². The van der Waals surface area contributed by atoms with E-state index in [0.29, 0.717) is 34.9 Å². The Morgan fingerprint density at radius 1 is 1.14 bits per heavy atom. The average Bonchev–Trinajstić information content (AvgIpc) is 2.94. The number of carbonyl (C=O) groups excluding carboxylic acids is 2. The van der Waals surface area contributed by atoms with Gasteiger partial charge in [0.25, 0.3) is 0 Å². The molecule has 5 nitrogen and oxygen atoms in total. The van der Waals surface area contributed by atoms with Crippen LogP contribution in [0.2, 0.25) is 5.02 Å². The number of H-pyrrole nitrogens is 1. The van der Waals surface area contributed by atoms with Gasteiger partial charge in [-0.25, -0.2) is 4.39 Å². The standard InChI is InChI=1S/C21H25ClFN3O2/c1-13-20(15(3)27)14(2)24-21(13)19(28)12-26-9-7-25(8-10-26)11-16-17(22)5-4-6-18(16)23/h4-6,24H,7-12H2,1-3H3. The number of nitrogens with zero attached hydrogens (tertiary/aromatic N) is 2. The molecule has 1 N–H and O–H groups in total. The Morgan fingerprint density at radius 2 is 1.79 bits per heavy atom. The van der Waals surface area contributed by atoms with Crippen LogP contribution in [0.5, 0.6) is 0 Å². The smallest absolute Gasteiger partial charge is 0.193 e. The minimum Gasteiger partial charge on any atom is -0.355 e. The largest absolute Gasteiger partial charge is 0.355 e. The predicted octanol–water partition coefficient (Wildman–Crippen LogP) is 3.63. The van der Waals surface area contributed by atoms with E-state index in [4.69, 9.17) is 11.6 Å². The van der Waals surface area contributed by atoms with E-state index in [2.05, 4.69) is 14.8 Å². The van der Waals surface area contributed by atoms with E-state index in [1.807, 2.05) is 13.8 Å². The number of benzene rings is 1. The Hall–Kier alpha value is -2.02. The first-order chi connectivity index (χ1) is 13.3. The molecular weight excluding hydrogens is 381 g/mol. The van der Waals surface area contributed by atoms with Crippen LogP contribution in [0.15, 0.2) is 18.2 Å². The number of Topliss-reactive ketones (excluding diaryl/α,β-unsaturated/α-hetero) is 2. The van der Waals surface area contributed by atoms with Crippen LogP contribution in [-0.4, -0.2) is 59.1 Å². The number of carbonyl (C=O) groups is 2. The maximum absolute atomic E-state index is 14.0. The maximum Gasteiger partial charge on any atom is 0.193 e. The molecule has 0 spiro atoms. The van der Waals surface area contributed by atoms with Crippen molar-refractivity contribution in [1.29, 1.82) is 0 Å². The van der Waals surface area contributed by atoms with Gasteiger partial charge >= 0.3 is 0 Å². The van der Waals surface area contributed by atoms with Crippen molar-refractivity contribution in [3.8, 4) is 0 Å². The summed E-state index contributed by atoms with van der Waals surface area (Å²) in [5.74, 6) is -0.339. The molecule has 3 rings (SSSR count). The molecule has 0 atom stereocenters. The molecule has 7 heteroatoms. The van der Waals surface area contributed by atoms with Gasteiger partial charge in [0.05, 0.1) is 12.2 Å². The summed E-state index contributed by atoms with van der Waals surface area (Å²) in [6, 6.07) is 4.73.